The highest BCUT2D eigenvalue weighted by molar-refractivity contribution is 4.60. The third-order valence-corrected chi connectivity index (χ3v) is 4.20. The third kappa shape index (κ3) is 8.97. The van der Waals surface area contributed by atoms with E-state index in [1.54, 1.807) is 0 Å². The SMILES string of the molecule is CCOC1CCCCCCCCCCCCCC1. The van der Waals surface area contributed by atoms with Gasteiger partial charge in [0.2, 0.25) is 0 Å². The van der Waals surface area contributed by atoms with Gasteiger partial charge in [0.05, 0.1) is 6.10 Å². The lowest BCUT2D eigenvalue weighted by Gasteiger charge is -2.16. The Morgan fingerprint density at radius 3 is 1.28 bits per heavy atom. The van der Waals surface area contributed by atoms with E-state index in [4.69, 9.17) is 4.74 Å². The quantitative estimate of drug-likeness (QED) is 0.599. The lowest BCUT2D eigenvalue weighted by molar-refractivity contribution is 0.0470. The van der Waals surface area contributed by atoms with Crippen LogP contribution in [-0.4, -0.2) is 12.7 Å². The molecule has 108 valence electrons. The molecule has 1 saturated carbocycles. The molecule has 0 atom stereocenters. The van der Waals surface area contributed by atoms with Crippen molar-refractivity contribution in [1.82, 2.24) is 0 Å². The van der Waals surface area contributed by atoms with Crippen LogP contribution in [0.4, 0.5) is 0 Å². The largest absolute Gasteiger partial charge is 0.379 e. The maximum atomic E-state index is 5.87. The Hall–Kier alpha value is -0.0400. The van der Waals surface area contributed by atoms with Gasteiger partial charge in [-0.1, -0.05) is 77.0 Å². The molecule has 0 aromatic carbocycles. The summed E-state index contributed by atoms with van der Waals surface area (Å²) in [6.07, 6.45) is 20.4. The molecule has 0 amide bonds. The van der Waals surface area contributed by atoms with Crippen LogP contribution in [0.2, 0.25) is 0 Å². The second-order valence-corrected chi connectivity index (χ2v) is 5.90. The average Bonchev–Trinajstić information content (AvgIpc) is 2.39. The van der Waals surface area contributed by atoms with Crippen LogP contribution in [0.25, 0.3) is 0 Å². The molecule has 0 aromatic rings. The van der Waals surface area contributed by atoms with Gasteiger partial charge >= 0.3 is 0 Å². The summed E-state index contributed by atoms with van der Waals surface area (Å²) in [5.41, 5.74) is 0. The monoisotopic (exact) mass is 254 g/mol. The predicted molar refractivity (Wildman–Crippen MR) is 80.1 cm³/mol. The molecule has 1 heteroatoms. The van der Waals surface area contributed by atoms with Gasteiger partial charge in [0.25, 0.3) is 0 Å². The fourth-order valence-corrected chi connectivity index (χ4v) is 3.06. The Labute approximate surface area is 115 Å². The molecule has 1 aliphatic rings. The summed E-state index contributed by atoms with van der Waals surface area (Å²) in [4.78, 5) is 0. The van der Waals surface area contributed by atoms with E-state index >= 15 is 0 Å². The van der Waals surface area contributed by atoms with Crippen molar-refractivity contribution in [2.24, 2.45) is 0 Å². The Bertz CT molecular complexity index is 151. The molecule has 0 heterocycles. The van der Waals surface area contributed by atoms with E-state index in [0.717, 1.165) is 6.61 Å². The zero-order chi connectivity index (χ0) is 12.9. The van der Waals surface area contributed by atoms with Gasteiger partial charge in [0, 0.05) is 6.61 Å². The molecule has 1 rings (SSSR count). The summed E-state index contributed by atoms with van der Waals surface area (Å²) < 4.78 is 5.87. The number of hydrogen-bond donors (Lipinski definition) is 0. The molecule has 0 saturated heterocycles. The molecule has 1 fully saturated rings. The summed E-state index contributed by atoms with van der Waals surface area (Å²) in [5, 5.41) is 0. The van der Waals surface area contributed by atoms with Gasteiger partial charge in [-0.15, -0.1) is 0 Å². The van der Waals surface area contributed by atoms with E-state index < -0.39 is 0 Å². The van der Waals surface area contributed by atoms with Crippen molar-refractivity contribution in [2.45, 2.75) is 103 Å². The van der Waals surface area contributed by atoms with E-state index in [9.17, 15) is 0 Å². The normalized spacial score (nSPS) is 23.2. The molecule has 1 aliphatic carbocycles. The molecule has 0 radical (unpaired) electrons. The fraction of sp³-hybridized carbons (Fsp3) is 1.00. The minimum atomic E-state index is 0.556. The van der Waals surface area contributed by atoms with E-state index in [-0.39, 0.29) is 0 Å². The number of rotatable bonds is 2. The third-order valence-electron chi connectivity index (χ3n) is 4.20. The number of ether oxygens (including phenoxy) is 1. The molecule has 0 bridgehead atoms. The Morgan fingerprint density at radius 2 is 0.944 bits per heavy atom. The first kappa shape index (κ1) is 16.0. The number of hydrogen-bond acceptors (Lipinski definition) is 1. The van der Waals surface area contributed by atoms with Crippen LogP contribution in [0.1, 0.15) is 96.8 Å². The van der Waals surface area contributed by atoms with Gasteiger partial charge < -0.3 is 4.74 Å². The molecular formula is C17H34O. The van der Waals surface area contributed by atoms with E-state index in [1.165, 1.54) is 89.9 Å². The highest BCUT2D eigenvalue weighted by atomic mass is 16.5. The lowest BCUT2D eigenvalue weighted by atomic mass is 10.0. The zero-order valence-electron chi connectivity index (χ0n) is 12.6. The van der Waals surface area contributed by atoms with Crippen LogP contribution < -0.4 is 0 Å². The maximum absolute atomic E-state index is 5.87. The molecule has 18 heavy (non-hydrogen) atoms. The lowest BCUT2D eigenvalue weighted by Crippen LogP contribution is -2.12. The van der Waals surface area contributed by atoms with Crippen molar-refractivity contribution in [1.29, 1.82) is 0 Å². The van der Waals surface area contributed by atoms with Gasteiger partial charge in [-0.3, -0.25) is 0 Å². The first-order chi connectivity index (χ1) is 8.93. The van der Waals surface area contributed by atoms with E-state index in [1.807, 2.05) is 0 Å². The highest BCUT2D eigenvalue weighted by Crippen LogP contribution is 2.18. The van der Waals surface area contributed by atoms with Crippen molar-refractivity contribution in [3.63, 3.8) is 0 Å². The van der Waals surface area contributed by atoms with Gasteiger partial charge in [0.1, 0.15) is 0 Å². The van der Waals surface area contributed by atoms with Crippen LogP contribution in [0.15, 0.2) is 0 Å². The van der Waals surface area contributed by atoms with Gasteiger partial charge in [-0.05, 0) is 19.8 Å². The van der Waals surface area contributed by atoms with Crippen molar-refractivity contribution >= 4 is 0 Å². The summed E-state index contributed by atoms with van der Waals surface area (Å²) in [7, 11) is 0. The molecule has 0 aliphatic heterocycles. The first-order valence-corrected chi connectivity index (χ1v) is 8.55. The van der Waals surface area contributed by atoms with Crippen molar-refractivity contribution in [3.8, 4) is 0 Å². The average molecular weight is 254 g/mol. The molecule has 0 aromatic heterocycles. The van der Waals surface area contributed by atoms with Crippen LogP contribution in [0.3, 0.4) is 0 Å². The smallest absolute Gasteiger partial charge is 0.0575 e. The van der Waals surface area contributed by atoms with Crippen molar-refractivity contribution < 1.29 is 4.74 Å². The maximum Gasteiger partial charge on any atom is 0.0575 e. The molecule has 0 unspecified atom stereocenters. The summed E-state index contributed by atoms with van der Waals surface area (Å²) in [6.45, 7) is 3.03. The Morgan fingerprint density at radius 1 is 0.611 bits per heavy atom. The van der Waals surface area contributed by atoms with E-state index in [0.29, 0.717) is 6.10 Å². The first-order valence-electron chi connectivity index (χ1n) is 8.55. The summed E-state index contributed by atoms with van der Waals surface area (Å²) in [6, 6.07) is 0. The fourth-order valence-electron chi connectivity index (χ4n) is 3.06. The molecule has 0 spiro atoms. The molecule has 1 nitrogen and oxygen atoms in total. The van der Waals surface area contributed by atoms with Gasteiger partial charge in [0.15, 0.2) is 0 Å². The molecule has 0 N–H and O–H groups in total. The molecular weight excluding hydrogens is 220 g/mol. The second-order valence-electron chi connectivity index (χ2n) is 5.90. The second kappa shape index (κ2) is 12.0. The Balaban J connectivity index is 2.20. The summed E-state index contributed by atoms with van der Waals surface area (Å²) >= 11 is 0. The Kier molecular flexibility index (Phi) is 10.7. The van der Waals surface area contributed by atoms with Crippen LogP contribution in [0.5, 0.6) is 0 Å². The minimum Gasteiger partial charge on any atom is -0.379 e. The van der Waals surface area contributed by atoms with Crippen molar-refractivity contribution in [3.05, 3.63) is 0 Å². The predicted octanol–water partition coefficient (Wildman–Crippen LogP) is 5.87. The van der Waals surface area contributed by atoms with Crippen LogP contribution in [0, 0.1) is 0 Å². The van der Waals surface area contributed by atoms with Gasteiger partial charge in [-0.2, -0.15) is 0 Å². The minimum absolute atomic E-state index is 0.556. The van der Waals surface area contributed by atoms with Gasteiger partial charge in [-0.25, -0.2) is 0 Å². The van der Waals surface area contributed by atoms with Crippen molar-refractivity contribution in [2.75, 3.05) is 6.61 Å². The zero-order valence-corrected chi connectivity index (χ0v) is 12.6. The van der Waals surface area contributed by atoms with E-state index in [2.05, 4.69) is 6.92 Å². The van der Waals surface area contributed by atoms with Crippen LogP contribution in [-0.2, 0) is 4.74 Å². The topological polar surface area (TPSA) is 9.23 Å². The highest BCUT2D eigenvalue weighted by Gasteiger charge is 2.08. The van der Waals surface area contributed by atoms with Crippen LogP contribution >= 0.6 is 0 Å². The standard InChI is InChI=1S/C17H34O/c1-2-18-17-15-13-11-9-7-5-3-4-6-8-10-12-14-16-17/h17H,2-16H2,1H3. The summed E-state index contributed by atoms with van der Waals surface area (Å²) in [5.74, 6) is 0.